The minimum absolute atomic E-state index is 0. The monoisotopic (exact) mass is 968 g/mol. The average Bonchev–Trinajstić information content (AvgIpc) is 3.99. The fraction of sp³-hybridized carbons (Fsp3) is 0.872. The van der Waals surface area contributed by atoms with Crippen molar-refractivity contribution in [2.75, 3.05) is 19.6 Å². The number of carbonyl (C=O) groups is 3. The molecule has 0 bridgehead atoms. The fourth-order valence-corrected chi connectivity index (χ4v) is 7.27. The number of aromatic amines is 2. The number of tetrazole rings is 3. The smallest absolute Gasteiger partial charge is 0.327 e. The first-order valence-electron chi connectivity index (χ1n) is 22.7. The maximum atomic E-state index is 10.8. The van der Waals surface area contributed by atoms with Gasteiger partial charge in [-0.25, -0.2) is 0 Å². The van der Waals surface area contributed by atoms with Gasteiger partial charge in [-0.1, -0.05) is 95.0 Å². The van der Waals surface area contributed by atoms with E-state index >= 15 is 0 Å². The van der Waals surface area contributed by atoms with Crippen LogP contribution in [0, 0.1) is 0 Å². The summed E-state index contributed by atoms with van der Waals surface area (Å²) in [6.45, 7) is 42.6. The topological polar surface area (TPSA) is 274 Å². The van der Waals surface area contributed by atoms with Crippen LogP contribution in [0.5, 0.6) is 0 Å². The van der Waals surface area contributed by atoms with Crippen molar-refractivity contribution in [1.82, 2.24) is 76.2 Å². The lowest BCUT2D eigenvalue weighted by atomic mass is 9.96. The summed E-state index contributed by atoms with van der Waals surface area (Å²) in [5.74, 6) is -0.276. The number of aromatic nitrogens is 12. The van der Waals surface area contributed by atoms with Gasteiger partial charge >= 0.3 is 17.9 Å². The van der Waals surface area contributed by atoms with Crippen LogP contribution in [-0.2, 0) is 37.2 Å². The number of hydrogen-bond acceptors (Lipinski definition) is 15. The number of nitrogens with zero attached hydrogens (tertiary/aromatic N) is 13. The first-order valence-corrected chi connectivity index (χ1v) is 22.7. The number of carboxylic acid groups (broad SMARTS) is 3. The van der Waals surface area contributed by atoms with E-state index in [4.69, 9.17) is 15.3 Å². The van der Waals surface area contributed by atoms with E-state index in [-0.39, 0.29) is 68.2 Å². The molecule has 3 aromatic rings. The molecule has 3 aliphatic rings. The normalized spacial score (nSPS) is 18.9. The molecule has 5 N–H and O–H groups in total. The van der Waals surface area contributed by atoms with Gasteiger partial charge < -0.3 is 15.3 Å². The summed E-state index contributed by atoms with van der Waals surface area (Å²) in [5.41, 5.74) is 0.172. The molecule has 21 heteroatoms. The predicted octanol–water partition coefficient (Wildman–Crippen LogP) is 7.89. The van der Waals surface area contributed by atoms with Gasteiger partial charge in [0, 0.05) is 38.9 Å². The lowest BCUT2D eigenvalue weighted by Crippen LogP contribution is -2.47. The minimum atomic E-state index is -0.974. The molecular formula is C47H97N15O6. The Labute approximate surface area is 409 Å². The number of nitrogens with one attached hydrogen (secondary N) is 2. The first-order chi connectivity index (χ1) is 29.5. The highest BCUT2D eigenvalue weighted by atomic mass is 16.4. The Kier molecular flexibility index (Phi) is 28.1. The molecule has 396 valence electrons. The van der Waals surface area contributed by atoms with Crippen LogP contribution < -0.4 is 0 Å². The fourth-order valence-electron chi connectivity index (χ4n) is 7.27. The zero-order chi connectivity index (χ0) is 50.4. The van der Waals surface area contributed by atoms with Gasteiger partial charge in [0.2, 0.25) is 0 Å². The number of rotatable bonds is 4. The molecule has 3 saturated heterocycles. The van der Waals surface area contributed by atoms with E-state index in [1.165, 1.54) is 19.4 Å². The van der Waals surface area contributed by atoms with Crippen LogP contribution in [-0.4, -0.2) is 164 Å². The van der Waals surface area contributed by atoms with Gasteiger partial charge in [0.05, 0.1) is 0 Å². The van der Waals surface area contributed by atoms with E-state index in [1.54, 1.807) is 0 Å². The van der Waals surface area contributed by atoms with Crippen LogP contribution >= 0.6 is 0 Å². The van der Waals surface area contributed by atoms with Gasteiger partial charge in [-0.15, -0.1) is 30.6 Å². The molecule has 3 atom stereocenters. The van der Waals surface area contributed by atoms with Crippen LogP contribution in [0.4, 0.5) is 0 Å². The molecule has 0 amide bonds. The van der Waals surface area contributed by atoms with Gasteiger partial charge in [0.1, 0.15) is 12.1 Å². The molecule has 3 aromatic heterocycles. The van der Waals surface area contributed by atoms with E-state index in [0.717, 1.165) is 61.3 Å². The molecule has 0 aliphatic carbocycles. The Balaban J connectivity index is -0.000000743. The SMILES string of the molecule is C.C.C.CC(C)(C)N1CCC[C@@H]1C(=O)O.CC(C)(C)N1CCC[C@H]1C(=O)O.CC(C)(C)c1nn[nH]n1.CC(C)(C)c1nn[nH]n1.CC(C)(C)c1nnn(CC(=O)O)n1.CC1CCCN1C(C)(C)C. The van der Waals surface area contributed by atoms with Crippen LogP contribution in [0.15, 0.2) is 0 Å². The average molecular weight is 968 g/mol. The summed E-state index contributed by atoms with van der Waals surface area (Å²) in [6, 6.07) is 0.287. The molecule has 6 heterocycles. The lowest BCUT2D eigenvalue weighted by Gasteiger charge is -2.35. The second-order valence-corrected chi connectivity index (χ2v) is 22.8. The zero-order valence-corrected chi connectivity index (χ0v) is 43.2. The number of carboxylic acids is 3. The third-order valence-electron chi connectivity index (χ3n) is 10.6. The second-order valence-electron chi connectivity index (χ2n) is 22.8. The van der Waals surface area contributed by atoms with Gasteiger partial charge in [-0.3, -0.25) is 29.1 Å². The molecule has 1 unspecified atom stereocenters. The second kappa shape index (κ2) is 28.2. The van der Waals surface area contributed by atoms with Crippen molar-refractivity contribution in [3.05, 3.63) is 17.5 Å². The maximum Gasteiger partial charge on any atom is 0.327 e. The van der Waals surface area contributed by atoms with Crippen LogP contribution in [0.3, 0.4) is 0 Å². The minimum Gasteiger partial charge on any atom is -0.480 e. The Hall–Kier alpha value is -4.50. The molecule has 0 saturated carbocycles. The highest BCUT2D eigenvalue weighted by molar-refractivity contribution is 5.74. The van der Waals surface area contributed by atoms with E-state index < -0.39 is 17.9 Å². The number of likely N-dealkylation sites (tertiary alicyclic amines) is 3. The van der Waals surface area contributed by atoms with Crippen LogP contribution in [0.1, 0.15) is 210 Å². The van der Waals surface area contributed by atoms with Gasteiger partial charge in [0.25, 0.3) is 0 Å². The van der Waals surface area contributed by atoms with E-state index in [1.807, 2.05) is 62.3 Å². The Morgan fingerprint density at radius 1 is 0.529 bits per heavy atom. The number of aliphatic carboxylic acids is 3. The van der Waals surface area contributed by atoms with Crippen molar-refractivity contribution >= 4 is 17.9 Å². The third kappa shape index (κ3) is 24.2. The van der Waals surface area contributed by atoms with E-state index in [0.29, 0.717) is 11.4 Å². The summed E-state index contributed by atoms with van der Waals surface area (Å²) in [6.07, 6.45) is 6.39. The molecule has 68 heavy (non-hydrogen) atoms. The van der Waals surface area contributed by atoms with Gasteiger partial charge in [0.15, 0.2) is 24.0 Å². The Morgan fingerprint density at radius 2 is 0.868 bits per heavy atom. The van der Waals surface area contributed by atoms with Crippen molar-refractivity contribution in [2.24, 2.45) is 0 Å². The van der Waals surface area contributed by atoms with Crippen LogP contribution in [0.2, 0.25) is 0 Å². The van der Waals surface area contributed by atoms with Crippen molar-refractivity contribution in [3.8, 4) is 0 Å². The Morgan fingerprint density at radius 3 is 1.06 bits per heavy atom. The van der Waals surface area contributed by atoms with Crippen molar-refractivity contribution in [2.45, 2.75) is 250 Å². The van der Waals surface area contributed by atoms with Crippen molar-refractivity contribution in [1.29, 1.82) is 0 Å². The zero-order valence-electron chi connectivity index (χ0n) is 43.2. The highest BCUT2D eigenvalue weighted by Crippen LogP contribution is 2.28. The molecule has 3 aliphatic heterocycles. The van der Waals surface area contributed by atoms with E-state index in [9.17, 15) is 14.4 Å². The largest absolute Gasteiger partial charge is 0.480 e. The lowest BCUT2D eigenvalue weighted by molar-refractivity contribution is -0.144. The number of H-pyrrole nitrogens is 2. The van der Waals surface area contributed by atoms with Gasteiger partial charge in [-0.2, -0.15) is 15.2 Å². The summed E-state index contributed by atoms with van der Waals surface area (Å²) in [7, 11) is 0. The third-order valence-corrected chi connectivity index (χ3v) is 10.6. The summed E-state index contributed by atoms with van der Waals surface area (Å²) < 4.78 is 0. The van der Waals surface area contributed by atoms with E-state index in [2.05, 4.69) is 141 Å². The quantitative estimate of drug-likeness (QED) is 0.166. The summed E-state index contributed by atoms with van der Waals surface area (Å²) in [5, 5.41) is 64.7. The standard InChI is InChI=1S/2C9H17NO2.C9H19N.C7H12N4O2.2C5H10N4.3CH4/c2*1-9(2,3)10-6-4-5-7(10)8(11)12;1-8-6-5-7-10(8)9(2,3)4;1-7(2,3)6-8-10-11(9-6)4-5(12)13;2*1-5(2,3)4-6-8-9-7-4;;;/h2*7H,4-6H2,1-3H3,(H,11,12);8H,5-7H2,1-4H3;4H2,1-3H3,(H,12,13);2*1-3H3,(H,6,7,8,9);3*1H4/t2*7-;;;;;;;/m10......./s1. The molecule has 0 radical (unpaired) electrons. The first kappa shape index (κ1) is 67.8. The maximum absolute atomic E-state index is 10.8. The summed E-state index contributed by atoms with van der Waals surface area (Å²) in [4.78, 5) is 39.7. The Bertz CT molecular complexity index is 1740. The van der Waals surface area contributed by atoms with Gasteiger partial charge in [-0.05, 0) is 133 Å². The van der Waals surface area contributed by atoms with Crippen molar-refractivity contribution in [3.63, 3.8) is 0 Å². The molecule has 21 nitrogen and oxygen atoms in total. The number of hydrogen-bond donors (Lipinski definition) is 5. The van der Waals surface area contributed by atoms with Crippen molar-refractivity contribution < 1.29 is 29.7 Å². The molecule has 0 aromatic carbocycles. The molecular weight excluding hydrogens is 871 g/mol. The summed E-state index contributed by atoms with van der Waals surface area (Å²) >= 11 is 0. The molecule has 0 spiro atoms. The molecule has 3 fully saturated rings. The predicted molar refractivity (Wildman–Crippen MR) is 269 cm³/mol. The highest BCUT2D eigenvalue weighted by Gasteiger charge is 2.38. The molecule has 6 rings (SSSR count). The van der Waals surface area contributed by atoms with Crippen LogP contribution in [0.25, 0.3) is 0 Å².